The second-order valence-corrected chi connectivity index (χ2v) is 6.43. The van der Waals surface area contributed by atoms with Crippen molar-refractivity contribution in [1.29, 1.82) is 0 Å². The Morgan fingerprint density at radius 3 is 2.17 bits per heavy atom. The van der Waals surface area contributed by atoms with E-state index in [0.717, 1.165) is 11.3 Å². The molecule has 0 fully saturated rings. The molecule has 1 N–H and O–H groups in total. The molecule has 0 saturated heterocycles. The first-order valence-corrected chi connectivity index (χ1v) is 8.91. The Balaban J connectivity index is 0.000000537. The van der Waals surface area contributed by atoms with Crippen molar-refractivity contribution < 1.29 is 47.2 Å². The van der Waals surface area contributed by atoms with Gasteiger partial charge in [-0.25, -0.2) is 27.6 Å². The molecule has 29 heavy (non-hydrogen) atoms. The van der Waals surface area contributed by atoms with Crippen molar-refractivity contribution in [3.05, 3.63) is 69.7 Å². The van der Waals surface area contributed by atoms with E-state index in [1.807, 2.05) is 18.7 Å². The lowest BCUT2D eigenvalue weighted by atomic mass is 10.0. The van der Waals surface area contributed by atoms with Crippen LogP contribution in [0.4, 0.5) is 10.3 Å². The molecule has 13 heteroatoms. The Kier molecular flexibility index (Phi) is 6.79. The van der Waals surface area contributed by atoms with Gasteiger partial charge in [-0.05, 0) is 30.3 Å². The molecular weight excluding hydrogens is 415 g/mol. The molecule has 3 rings (SSSR count). The summed E-state index contributed by atoms with van der Waals surface area (Å²) in [5.41, 5.74) is 2.69. The van der Waals surface area contributed by atoms with Gasteiger partial charge in [0.2, 0.25) is 5.71 Å². The molecule has 1 aromatic carbocycles. The van der Waals surface area contributed by atoms with Crippen molar-refractivity contribution in [2.75, 3.05) is 14.1 Å². The van der Waals surface area contributed by atoms with E-state index < -0.39 is 15.2 Å². The molecule has 0 spiro atoms. The third-order valence-electron chi connectivity index (χ3n) is 3.47. The smallest absolute Gasteiger partial charge is 0.399 e. The summed E-state index contributed by atoms with van der Waals surface area (Å²) < 4.78 is 54.3. The van der Waals surface area contributed by atoms with Gasteiger partial charge in [0.1, 0.15) is 30.5 Å². The van der Waals surface area contributed by atoms with Crippen LogP contribution in [0, 0.1) is 26.2 Å². The Bertz CT molecular complexity index is 1010. The number of hydrogen-bond donors (Lipinski definition) is 1. The molecule has 0 bridgehead atoms. The molecule has 0 aliphatic heterocycles. The van der Waals surface area contributed by atoms with Crippen molar-refractivity contribution >= 4 is 11.6 Å². The Hall–Kier alpha value is -3.16. The van der Waals surface area contributed by atoms with Gasteiger partial charge in [-0.2, -0.15) is 5.10 Å². The maximum absolute atomic E-state index is 13.2. The van der Waals surface area contributed by atoms with Crippen LogP contribution in [0.5, 0.6) is 0 Å². The lowest BCUT2D eigenvalue weighted by Gasteiger charge is -2.17. The van der Waals surface area contributed by atoms with Gasteiger partial charge in [0, 0.05) is 11.8 Å². The molecule has 154 valence electrons. The number of aromatic amines is 1. The fourth-order valence-corrected chi connectivity index (χ4v) is 2.47. The van der Waals surface area contributed by atoms with E-state index in [2.05, 4.69) is 10.2 Å². The van der Waals surface area contributed by atoms with Gasteiger partial charge in [0.05, 0.1) is 11.6 Å². The van der Waals surface area contributed by atoms with Crippen molar-refractivity contribution in [3.63, 3.8) is 0 Å². The predicted molar refractivity (Wildman–Crippen MR) is 84.7 cm³/mol. The molecule has 0 unspecified atom stereocenters. The fourth-order valence-electron chi connectivity index (χ4n) is 2.47. The highest BCUT2D eigenvalue weighted by atomic mass is 35.7. The minimum atomic E-state index is -4.94. The van der Waals surface area contributed by atoms with Crippen LogP contribution in [-0.4, -0.2) is 39.5 Å². The molecule has 0 atom stereocenters. The van der Waals surface area contributed by atoms with Crippen LogP contribution >= 0.6 is 0 Å². The molecule has 0 amide bonds. The summed E-state index contributed by atoms with van der Waals surface area (Å²) >= 11 is 0. The van der Waals surface area contributed by atoms with E-state index in [0.29, 0.717) is 11.3 Å². The number of nitrogens with one attached hydrogen (secondary N) is 1. The number of benzene rings is 1. The Labute approximate surface area is 164 Å². The number of furan rings is 1. The highest BCUT2D eigenvalue weighted by molar-refractivity contribution is 6.12. The molecule has 2 aromatic heterocycles. The zero-order valence-electron chi connectivity index (χ0n) is 15.0. The SMILES string of the molecule is C[N+](C)=C(c1ccc(F)cc1)c1c[nH]nc1-c1ccc([N+](=O)[O-])o1.[O-][Cl+3]([O-])([O-])[O-]. The van der Waals surface area contributed by atoms with Crippen LogP contribution in [0.15, 0.2) is 47.0 Å². The number of halogens is 2. The van der Waals surface area contributed by atoms with E-state index >= 15 is 0 Å². The third-order valence-corrected chi connectivity index (χ3v) is 3.47. The summed E-state index contributed by atoms with van der Waals surface area (Å²) in [7, 11) is -1.25. The van der Waals surface area contributed by atoms with Gasteiger partial charge in [-0.3, -0.25) is 15.2 Å². The lowest BCUT2D eigenvalue weighted by molar-refractivity contribution is -2.00. The number of rotatable bonds is 4. The molecule has 11 nitrogen and oxygen atoms in total. The topological polar surface area (TPSA) is 180 Å². The summed E-state index contributed by atoms with van der Waals surface area (Å²) in [5, 5.41) is 17.7. The van der Waals surface area contributed by atoms with Crippen molar-refractivity contribution in [3.8, 4) is 11.5 Å². The van der Waals surface area contributed by atoms with E-state index in [9.17, 15) is 14.5 Å². The van der Waals surface area contributed by atoms with Gasteiger partial charge in [0.25, 0.3) is 0 Å². The number of hydrogen-bond acceptors (Lipinski definition) is 8. The van der Waals surface area contributed by atoms with Crippen molar-refractivity contribution in [2.24, 2.45) is 0 Å². The molecule has 0 radical (unpaired) electrons. The summed E-state index contributed by atoms with van der Waals surface area (Å²) in [5.74, 6) is -0.405. The van der Waals surface area contributed by atoms with Crippen LogP contribution in [0.2, 0.25) is 0 Å². The van der Waals surface area contributed by atoms with E-state index in [4.69, 9.17) is 23.1 Å². The minimum Gasteiger partial charge on any atom is -0.399 e. The number of nitro groups is 1. The Morgan fingerprint density at radius 2 is 1.69 bits per heavy atom. The molecule has 3 aromatic rings. The van der Waals surface area contributed by atoms with Gasteiger partial charge in [-0.15, -0.1) is 10.2 Å². The summed E-state index contributed by atoms with van der Waals surface area (Å²) in [4.78, 5) is 10.2. The van der Waals surface area contributed by atoms with Crippen LogP contribution < -0.4 is 18.6 Å². The van der Waals surface area contributed by atoms with Crippen LogP contribution in [0.25, 0.3) is 11.5 Å². The first-order chi connectivity index (χ1) is 13.5. The van der Waals surface area contributed by atoms with Crippen LogP contribution in [0.3, 0.4) is 0 Å². The zero-order chi connectivity index (χ0) is 21.8. The summed E-state index contributed by atoms with van der Waals surface area (Å²) in [6, 6.07) is 8.83. The van der Waals surface area contributed by atoms with Crippen LogP contribution in [-0.2, 0) is 0 Å². The van der Waals surface area contributed by atoms with Gasteiger partial charge >= 0.3 is 5.88 Å². The fraction of sp³-hybridized carbons (Fsp3) is 0.125. The first-order valence-electron chi connectivity index (χ1n) is 7.68. The lowest BCUT2D eigenvalue weighted by Crippen LogP contribution is -2.68. The molecular formula is C16H14ClFN4O7. The van der Waals surface area contributed by atoms with Gasteiger partial charge < -0.3 is 4.42 Å². The molecule has 2 heterocycles. The van der Waals surface area contributed by atoms with E-state index in [1.54, 1.807) is 18.3 Å². The molecule has 0 saturated carbocycles. The molecule has 0 aliphatic carbocycles. The average molecular weight is 429 g/mol. The second kappa shape index (κ2) is 8.89. The zero-order valence-corrected chi connectivity index (χ0v) is 15.8. The third kappa shape index (κ3) is 6.17. The van der Waals surface area contributed by atoms with Gasteiger partial charge in [-0.1, -0.05) is 0 Å². The number of H-pyrrole nitrogens is 1. The quantitative estimate of drug-likeness (QED) is 0.216. The minimum absolute atomic E-state index is 0.277. The normalized spacial score (nSPS) is 10.9. The van der Waals surface area contributed by atoms with Gasteiger partial charge in [0.15, 0.2) is 5.76 Å². The summed E-state index contributed by atoms with van der Waals surface area (Å²) in [6.07, 6.45) is 1.67. The standard InChI is InChI=1S/C16H13FN4O3.ClHO4/c1-20(2)16(10-3-5-11(17)6-4-10)12-9-18-19-15(12)13-7-8-14(24-13)21(22)23;2-1(3,4)5/h3-9H,1-2H3;(H,2,3,4,5). The first kappa shape index (κ1) is 22.1. The predicted octanol–water partition coefficient (Wildman–Crippen LogP) is -1.93. The maximum atomic E-state index is 13.2. The highest BCUT2D eigenvalue weighted by Gasteiger charge is 2.25. The van der Waals surface area contributed by atoms with Crippen LogP contribution in [0.1, 0.15) is 11.1 Å². The van der Waals surface area contributed by atoms with E-state index in [1.165, 1.54) is 24.3 Å². The largest absolute Gasteiger partial charge is 0.433 e. The van der Waals surface area contributed by atoms with E-state index in [-0.39, 0.29) is 17.5 Å². The summed E-state index contributed by atoms with van der Waals surface area (Å²) in [6.45, 7) is 0. The average Bonchev–Trinajstić information content (AvgIpc) is 3.24. The maximum Gasteiger partial charge on any atom is 0.433 e. The second-order valence-electron chi connectivity index (χ2n) is 5.67. The Morgan fingerprint density at radius 1 is 1.10 bits per heavy atom. The highest BCUT2D eigenvalue weighted by Crippen LogP contribution is 2.28. The molecule has 0 aliphatic rings. The van der Waals surface area contributed by atoms with Crippen molar-refractivity contribution in [1.82, 2.24) is 10.2 Å². The van der Waals surface area contributed by atoms with Crippen molar-refractivity contribution in [2.45, 2.75) is 0 Å². The monoisotopic (exact) mass is 428 g/mol. The number of nitrogens with zero attached hydrogens (tertiary/aromatic N) is 3. The number of aromatic nitrogens is 2.